The highest BCUT2D eigenvalue weighted by Gasteiger charge is 2.23. The van der Waals surface area contributed by atoms with Crippen LogP contribution in [0.15, 0.2) is 66.1 Å². The normalized spacial score (nSPS) is 14.4. The van der Waals surface area contributed by atoms with E-state index < -0.39 is 10.0 Å². The summed E-state index contributed by atoms with van der Waals surface area (Å²) in [4.78, 5) is 4.75. The molecule has 1 aliphatic carbocycles. The quantitative estimate of drug-likeness (QED) is 0.440. The molecule has 0 amide bonds. The number of hydrogen-bond donors (Lipinski definition) is 1. The van der Waals surface area contributed by atoms with Gasteiger partial charge in [-0.25, -0.2) is 18.1 Å². The van der Waals surface area contributed by atoms with Crippen LogP contribution in [0.4, 0.5) is 0 Å². The number of benzene rings is 1. The van der Waals surface area contributed by atoms with Gasteiger partial charge in [0.15, 0.2) is 0 Å². The van der Waals surface area contributed by atoms with E-state index in [2.05, 4.69) is 27.1 Å². The predicted molar refractivity (Wildman–Crippen MR) is 119 cm³/mol. The number of aromatic nitrogens is 4. The Bertz CT molecular complexity index is 1340. The van der Waals surface area contributed by atoms with Gasteiger partial charge in [0.1, 0.15) is 10.5 Å². The van der Waals surface area contributed by atoms with Crippen LogP contribution in [0.25, 0.3) is 5.65 Å². The van der Waals surface area contributed by atoms with Crippen molar-refractivity contribution in [2.75, 3.05) is 6.54 Å². The zero-order chi connectivity index (χ0) is 21.4. The highest BCUT2D eigenvalue weighted by Crippen LogP contribution is 2.39. The van der Waals surface area contributed by atoms with E-state index in [0.29, 0.717) is 23.9 Å². The van der Waals surface area contributed by atoms with Crippen LogP contribution in [0.1, 0.15) is 35.6 Å². The van der Waals surface area contributed by atoms with Gasteiger partial charge in [0, 0.05) is 30.2 Å². The molecule has 1 aromatic carbocycles. The van der Waals surface area contributed by atoms with Crippen molar-refractivity contribution in [1.82, 2.24) is 23.9 Å². The second-order valence-corrected chi connectivity index (χ2v) is 10.1. The Morgan fingerprint density at radius 3 is 2.81 bits per heavy atom. The summed E-state index contributed by atoms with van der Waals surface area (Å²) in [6.07, 6.45) is 10.1. The highest BCUT2D eigenvalue weighted by atomic mass is 35.5. The predicted octanol–water partition coefficient (Wildman–Crippen LogP) is 3.63. The second kappa shape index (κ2) is 8.11. The minimum atomic E-state index is -3.64. The molecule has 7 nitrogen and oxygen atoms in total. The molecule has 5 rings (SSSR count). The third-order valence-corrected chi connectivity index (χ3v) is 7.06. The lowest BCUT2D eigenvalue weighted by Crippen LogP contribution is -2.25. The zero-order valence-corrected chi connectivity index (χ0v) is 18.4. The molecule has 0 unspecified atom stereocenters. The average Bonchev–Trinajstić information content (AvgIpc) is 3.34. The largest absolute Gasteiger partial charge is 0.306 e. The number of fused-ring (bicyclic) bond motifs is 1. The SMILES string of the molecule is O=S(=O)(NCCc1cccc(Cl)c1)c1cnn(Cc2cn3cc(C4CC4)ccc3n2)c1. The van der Waals surface area contributed by atoms with Gasteiger partial charge in [-0.2, -0.15) is 5.10 Å². The molecule has 0 aliphatic heterocycles. The van der Waals surface area contributed by atoms with E-state index in [-0.39, 0.29) is 11.4 Å². The van der Waals surface area contributed by atoms with Gasteiger partial charge >= 0.3 is 0 Å². The molecule has 1 saturated carbocycles. The van der Waals surface area contributed by atoms with E-state index in [0.717, 1.165) is 16.9 Å². The number of hydrogen-bond acceptors (Lipinski definition) is 4. The van der Waals surface area contributed by atoms with Crippen molar-refractivity contribution < 1.29 is 8.42 Å². The lowest BCUT2D eigenvalue weighted by atomic mass is 10.2. The number of imidazole rings is 1. The van der Waals surface area contributed by atoms with Crippen molar-refractivity contribution in [2.45, 2.75) is 36.6 Å². The lowest BCUT2D eigenvalue weighted by Gasteiger charge is -2.05. The van der Waals surface area contributed by atoms with Crippen LogP contribution >= 0.6 is 11.6 Å². The van der Waals surface area contributed by atoms with Gasteiger partial charge in [-0.1, -0.05) is 29.8 Å². The van der Waals surface area contributed by atoms with Crippen LogP contribution in [0.3, 0.4) is 0 Å². The van der Waals surface area contributed by atoms with Gasteiger partial charge in [0.05, 0.1) is 18.4 Å². The van der Waals surface area contributed by atoms with Crippen LogP contribution < -0.4 is 4.72 Å². The number of rotatable bonds is 8. The maximum Gasteiger partial charge on any atom is 0.243 e. The molecule has 0 atom stereocenters. The van der Waals surface area contributed by atoms with E-state index in [1.165, 1.54) is 30.8 Å². The maximum absolute atomic E-state index is 12.6. The molecule has 1 aliphatic rings. The molecule has 0 radical (unpaired) electrons. The van der Waals surface area contributed by atoms with Gasteiger partial charge in [-0.15, -0.1) is 0 Å². The first-order valence-corrected chi connectivity index (χ1v) is 12.1. The molecule has 1 N–H and O–H groups in total. The summed E-state index contributed by atoms with van der Waals surface area (Å²) in [5, 5.41) is 4.85. The Kier molecular flexibility index (Phi) is 5.29. The van der Waals surface area contributed by atoms with Crippen LogP contribution in [-0.2, 0) is 23.0 Å². The fourth-order valence-electron chi connectivity index (χ4n) is 3.64. The Morgan fingerprint density at radius 2 is 2.00 bits per heavy atom. The Hall–Kier alpha value is -2.68. The fourth-order valence-corrected chi connectivity index (χ4v) is 4.83. The first-order chi connectivity index (χ1) is 15.0. The van der Waals surface area contributed by atoms with Crippen molar-refractivity contribution in [3.05, 3.63) is 83.0 Å². The molecule has 0 saturated heterocycles. The highest BCUT2D eigenvalue weighted by molar-refractivity contribution is 7.89. The minimum absolute atomic E-state index is 0.137. The summed E-state index contributed by atoms with van der Waals surface area (Å²) >= 11 is 5.97. The van der Waals surface area contributed by atoms with Crippen molar-refractivity contribution in [1.29, 1.82) is 0 Å². The first kappa shape index (κ1) is 20.2. The molecule has 3 heterocycles. The molecule has 3 aromatic heterocycles. The third kappa shape index (κ3) is 4.66. The van der Waals surface area contributed by atoms with Crippen LogP contribution in [0.2, 0.25) is 5.02 Å². The zero-order valence-electron chi connectivity index (χ0n) is 16.8. The van der Waals surface area contributed by atoms with Crippen molar-refractivity contribution in [3.8, 4) is 0 Å². The topological polar surface area (TPSA) is 81.3 Å². The molecular weight excluding hydrogens is 434 g/mol. The minimum Gasteiger partial charge on any atom is -0.306 e. The molecule has 0 bridgehead atoms. The Morgan fingerprint density at radius 1 is 1.13 bits per heavy atom. The summed E-state index contributed by atoms with van der Waals surface area (Å²) in [6.45, 7) is 0.683. The Balaban J connectivity index is 1.24. The maximum atomic E-state index is 12.6. The van der Waals surface area contributed by atoms with Crippen LogP contribution in [0, 0.1) is 0 Å². The van der Waals surface area contributed by atoms with E-state index in [1.807, 2.05) is 34.9 Å². The molecule has 0 spiro atoms. The molecule has 160 valence electrons. The standard InChI is InChI=1S/C22H22ClN5O2S/c23-19-3-1-2-16(10-19)8-9-25-31(29,30)21-11-24-28(15-21)14-20-13-27-12-18(17-4-5-17)6-7-22(27)26-20/h1-3,6-7,10-13,15,17,25H,4-5,8-9,14H2. The van der Waals surface area contributed by atoms with Crippen LogP contribution in [0.5, 0.6) is 0 Å². The van der Waals surface area contributed by atoms with Gasteiger partial charge in [-0.05, 0) is 54.5 Å². The lowest BCUT2D eigenvalue weighted by molar-refractivity contribution is 0.581. The fraction of sp³-hybridized carbons (Fsp3) is 0.273. The summed E-state index contributed by atoms with van der Waals surface area (Å²) in [5.74, 6) is 0.681. The van der Waals surface area contributed by atoms with Gasteiger partial charge in [-0.3, -0.25) is 4.68 Å². The molecule has 1 fully saturated rings. The third-order valence-electron chi connectivity index (χ3n) is 5.41. The summed E-state index contributed by atoms with van der Waals surface area (Å²) in [5.41, 5.74) is 4.02. The molecule has 4 aromatic rings. The van der Waals surface area contributed by atoms with Crippen molar-refractivity contribution in [3.63, 3.8) is 0 Å². The summed E-state index contributed by atoms with van der Waals surface area (Å²) < 4.78 is 31.4. The number of nitrogens with zero attached hydrogens (tertiary/aromatic N) is 4. The van der Waals surface area contributed by atoms with E-state index in [4.69, 9.17) is 11.6 Å². The molecular formula is C22H22ClN5O2S. The van der Waals surface area contributed by atoms with Crippen molar-refractivity contribution >= 4 is 27.3 Å². The number of nitrogens with one attached hydrogen (secondary N) is 1. The number of halogens is 1. The molecule has 31 heavy (non-hydrogen) atoms. The van der Waals surface area contributed by atoms with E-state index in [1.54, 1.807) is 10.7 Å². The Labute approximate surface area is 185 Å². The van der Waals surface area contributed by atoms with Gasteiger partial charge < -0.3 is 4.40 Å². The van der Waals surface area contributed by atoms with Gasteiger partial charge in [0.25, 0.3) is 0 Å². The van der Waals surface area contributed by atoms with Crippen molar-refractivity contribution in [2.24, 2.45) is 0 Å². The summed E-state index contributed by atoms with van der Waals surface area (Å²) in [6, 6.07) is 11.6. The smallest absolute Gasteiger partial charge is 0.243 e. The number of sulfonamides is 1. The average molecular weight is 456 g/mol. The second-order valence-electron chi connectivity index (χ2n) is 7.89. The summed E-state index contributed by atoms with van der Waals surface area (Å²) in [7, 11) is -3.64. The van der Waals surface area contributed by atoms with E-state index >= 15 is 0 Å². The van der Waals surface area contributed by atoms with Gasteiger partial charge in [0.2, 0.25) is 10.0 Å². The number of pyridine rings is 1. The van der Waals surface area contributed by atoms with Crippen LogP contribution in [-0.4, -0.2) is 34.1 Å². The van der Waals surface area contributed by atoms with E-state index in [9.17, 15) is 8.42 Å². The first-order valence-electron chi connectivity index (χ1n) is 10.2. The monoisotopic (exact) mass is 455 g/mol. The molecule has 9 heteroatoms.